The van der Waals surface area contributed by atoms with Crippen LogP contribution in [0.4, 0.5) is 15.8 Å². The molecule has 3 nitrogen and oxygen atoms in total. The second kappa shape index (κ2) is 5.70. The highest BCUT2D eigenvalue weighted by Gasteiger charge is 2.04. The Hall–Kier alpha value is -1.29. The molecule has 0 spiro atoms. The van der Waals surface area contributed by atoms with Gasteiger partial charge in [0, 0.05) is 25.0 Å². The largest absolute Gasteiger partial charge is 0.399 e. The predicted molar refractivity (Wildman–Crippen MR) is 65.2 cm³/mol. The van der Waals surface area contributed by atoms with E-state index in [0.717, 1.165) is 5.69 Å². The van der Waals surface area contributed by atoms with Crippen molar-refractivity contribution < 1.29 is 9.13 Å². The topological polar surface area (TPSA) is 38.5 Å². The van der Waals surface area contributed by atoms with E-state index in [-0.39, 0.29) is 11.9 Å². The fourth-order valence-electron chi connectivity index (χ4n) is 1.37. The van der Waals surface area contributed by atoms with Crippen molar-refractivity contribution in [3.05, 3.63) is 24.0 Å². The average molecular weight is 226 g/mol. The van der Waals surface area contributed by atoms with Gasteiger partial charge in [-0.1, -0.05) is 0 Å². The summed E-state index contributed by atoms with van der Waals surface area (Å²) >= 11 is 0. The number of nitrogens with two attached hydrogens (primary N) is 1. The molecule has 0 amide bonds. The van der Waals surface area contributed by atoms with Gasteiger partial charge < -0.3 is 15.4 Å². The summed E-state index contributed by atoms with van der Waals surface area (Å²) in [5.74, 6) is -0.313. The lowest BCUT2D eigenvalue weighted by Gasteiger charge is -2.20. The summed E-state index contributed by atoms with van der Waals surface area (Å²) in [6.45, 7) is 5.30. The predicted octanol–water partition coefficient (Wildman–Crippen LogP) is 2.27. The maximum atomic E-state index is 13.1. The van der Waals surface area contributed by atoms with Crippen LogP contribution in [0.15, 0.2) is 18.2 Å². The van der Waals surface area contributed by atoms with Gasteiger partial charge in [-0.25, -0.2) is 4.39 Å². The van der Waals surface area contributed by atoms with Gasteiger partial charge in [-0.15, -0.1) is 0 Å². The maximum absolute atomic E-state index is 13.1. The van der Waals surface area contributed by atoms with Crippen molar-refractivity contribution in [2.24, 2.45) is 0 Å². The Morgan fingerprint density at radius 3 is 2.62 bits per heavy atom. The molecule has 16 heavy (non-hydrogen) atoms. The van der Waals surface area contributed by atoms with Gasteiger partial charge in [0.2, 0.25) is 0 Å². The molecular formula is C12H19FN2O. The van der Waals surface area contributed by atoms with Crippen molar-refractivity contribution in [1.29, 1.82) is 0 Å². The summed E-state index contributed by atoms with van der Waals surface area (Å²) in [5.41, 5.74) is 6.78. The summed E-state index contributed by atoms with van der Waals surface area (Å²) in [5, 5.41) is 0. The first-order chi connectivity index (χ1) is 7.49. The highest BCUT2D eigenvalue weighted by Crippen LogP contribution is 2.18. The Morgan fingerprint density at radius 1 is 1.38 bits per heavy atom. The van der Waals surface area contributed by atoms with Gasteiger partial charge in [-0.05, 0) is 32.0 Å². The minimum Gasteiger partial charge on any atom is -0.399 e. The molecule has 0 unspecified atom stereocenters. The number of benzene rings is 1. The third-order valence-electron chi connectivity index (χ3n) is 2.22. The molecule has 1 rings (SSSR count). The molecule has 0 bridgehead atoms. The van der Waals surface area contributed by atoms with E-state index in [1.807, 2.05) is 25.8 Å². The van der Waals surface area contributed by atoms with E-state index in [1.54, 1.807) is 6.07 Å². The first-order valence-corrected chi connectivity index (χ1v) is 5.38. The molecule has 0 atom stereocenters. The van der Waals surface area contributed by atoms with E-state index in [2.05, 4.69) is 0 Å². The monoisotopic (exact) mass is 226 g/mol. The van der Waals surface area contributed by atoms with Crippen LogP contribution in [0.1, 0.15) is 13.8 Å². The fourth-order valence-corrected chi connectivity index (χ4v) is 1.37. The third-order valence-corrected chi connectivity index (χ3v) is 2.22. The smallest absolute Gasteiger partial charge is 0.127 e. The Bertz CT molecular complexity index is 322. The van der Waals surface area contributed by atoms with Crippen molar-refractivity contribution in [3.8, 4) is 0 Å². The van der Waals surface area contributed by atoms with Crippen molar-refractivity contribution in [3.63, 3.8) is 0 Å². The summed E-state index contributed by atoms with van der Waals surface area (Å²) in [6.07, 6.45) is 0.214. The van der Waals surface area contributed by atoms with E-state index in [1.165, 1.54) is 12.1 Å². The normalized spacial score (nSPS) is 10.8. The molecule has 0 aliphatic heterocycles. The molecule has 90 valence electrons. The number of hydrogen-bond acceptors (Lipinski definition) is 3. The molecule has 1 aromatic rings. The zero-order valence-corrected chi connectivity index (χ0v) is 10.0. The van der Waals surface area contributed by atoms with Gasteiger partial charge in [0.05, 0.1) is 12.7 Å². The summed E-state index contributed by atoms with van der Waals surface area (Å²) in [4.78, 5) is 1.92. The average Bonchev–Trinajstić information content (AvgIpc) is 2.15. The number of rotatable bonds is 5. The standard InChI is InChI=1S/C12H19FN2O/c1-9(2)16-5-4-15(3)12-7-10(13)6-11(14)8-12/h6-9H,4-5,14H2,1-3H3. The fraction of sp³-hybridized carbons (Fsp3) is 0.500. The number of likely N-dealkylation sites (N-methyl/N-ethyl adjacent to an activating group) is 1. The van der Waals surface area contributed by atoms with Crippen molar-refractivity contribution >= 4 is 11.4 Å². The van der Waals surface area contributed by atoms with Crippen LogP contribution in [0.5, 0.6) is 0 Å². The molecule has 0 saturated carbocycles. The minimum atomic E-state index is -0.313. The van der Waals surface area contributed by atoms with Gasteiger partial charge in [0.15, 0.2) is 0 Å². The molecule has 0 heterocycles. The Balaban J connectivity index is 2.55. The van der Waals surface area contributed by atoms with Crippen LogP contribution < -0.4 is 10.6 Å². The quantitative estimate of drug-likeness (QED) is 0.783. The molecule has 2 N–H and O–H groups in total. The summed E-state index contributed by atoms with van der Waals surface area (Å²) in [6, 6.07) is 4.52. The van der Waals surface area contributed by atoms with Gasteiger partial charge in [-0.3, -0.25) is 0 Å². The lowest BCUT2D eigenvalue weighted by molar-refractivity contribution is 0.0846. The Morgan fingerprint density at radius 2 is 2.06 bits per heavy atom. The SMILES string of the molecule is CC(C)OCCN(C)c1cc(N)cc(F)c1. The number of nitrogens with zero attached hydrogens (tertiary/aromatic N) is 1. The van der Waals surface area contributed by atoms with Crippen LogP contribution in [0.2, 0.25) is 0 Å². The van der Waals surface area contributed by atoms with Crippen LogP contribution >= 0.6 is 0 Å². The molecule has 0 aromatic heterocycles. The molecular weight excluding hydrogens is 207 g/mol. The lowest BCUT2D eigenvalue weighted by atomic mass is 10.2. The zero-order chi connectivity index (χ0) is 12.1. The first kappa shape index (κ1) is 12.8. The van der Waals surface area contributed by atoms with Crippen molar-refractivity contribution in [2.45, 2.75) is 20.0 Å². The molecule has 1 aromatic carbocycles. The highest BCUT2D eigenvalue weighted by molar-refractivity contribution is 5.55. The maximum Gasteiger partial charge on any atom is 0.127 e. The molecule has 4 heteroatoms. The zero-order valence-electron chi connectivity index (χ0n) is 10.0. The van der Waals surface area contributed by atoms with Crippen molar-refractivity contribution in [2.75, 3.05) is 30.8 Å². The molecule has 0 aliphatic carbocycles. The molecule has 0 aliphatic rings. The summed E-state index contributed by atoms with van der Waals surface area (Å²) in [7, 11) is 1.89. The molecule has 0 saturated heterocycles. The van der Waals surface area contributed by atoms with Gasteiger partial charge in [0.1, 0.15) is 5.82 Å². The Kier molecular flexibility index (Phi) is 4.55. The number of hydrogen-bond donors (Lipinski definition) is 1. The van der Waals surface area contributed by atoms with E-state index >= 15 is 0 Å². The van der Waals surface area contributed by atoms with E-state index < -0.39 is 0 Å². The van der Waals surface area contributed by atoms with Gasteiger partial charge in [0.25, 0.3) is 0 Å². The van der Waals surface area contributed by atoms with Crippen LogP contribution in [0.25, 0.3) is 0 Å². The highest BCUT2D eigenvalue weighted by atomic mass is 19.1. The number of halogens is 1. The number of anilines is 2. The van der Waals surface area contributed by atoms with Crippen LogP contribution in [-0.2, 0) is 4.74 Å². The second-order valence-electron chi connectivity index (χ2n) is 4.08. The lowest BCUT2D eigenvalue weighted by Crippen LogP contribution is -2.24. The minimum absolute atomic E-state index is 0.214. The van der Waals surface area contributed by atoms with Gasteiger partial charge in [-0.2, -0.15) is 0 Å². The van der Waals surface area contributed by atoms with Crippen LogP contribution in [0.3, 0.4) is 0 Å². The Labute approximate surface area is 96.0 Å². The van der Waals surface area contributed by atoms with Gasteiger partial charge >= 0.3 is 0 Å². The number of ether oxygens (including phenoxy) is 1. The van der Waals surface area contributed by atoms with E-state index in [0.29, 0.717) is 18.8 Å². The summed E-state index contributed by atoms with van der Waals surface area (Å²) < 4.78 is 18.5. The van der Waals surface area contributed by atoms with Crippen molar-refractivity contribution in [1.82, 2.24) is 0 Å². The van der Waals surface area contributed by atoms with Crippen LogP contribution in [-0.4, -0.2) is 26.3 Å². The molecule has 0 fully saturated rings. The third kappa shape index (κ3) is 4.06. The van der Waals surface area contributed by atoms with E-state index in [4.69, 9.17) is 10.5 Å². The molecule has 0 radical (unpaired) electrons. The second-order valence-corrected chi connectivity index (χ2v) is 4.08. The van der Waals surface area contributed by atoms with E-state index in [9.17, 15) is 4.39 Å². The first-order valence-electron chi connectivity index (χ1n) is 5.38. The number of nitrogen functional groups attached to an aromatic ring is 1. The van der Waals surface area contributed by atoms with Crippen LogP contribution in [0, 0.1) is 5.82 Å².